The fourth-order valence-corrected chi connectivity index (χ4v) is 5.14. The number of nitrogens with one attached hydrogen (secondary N) is 2. The molecule has 0 aliphatic carbocycles. The first kappa shape index (κ1) is 30.5. The zero-order chi connectivity index (χ0) is 28.5. The van der Waals surface area contributed by atoms with Crippen molar-refractivity contribution in [2.45, 2.75) is 51.9 Å². The molecule has 2 N–H and O–H groups in total. The van der Waals surface area contributed by atoms with Gasteiger partial charge in [0.2, 0.25) is 5.91 Å². The number of carbonyl (C=O) groups excluding carboxylic acids is 3. The molecular weight excluding hydrogens is 561 g/mol. The first-order valence-corrected chi connectivity index (χ1v) is 14.3. The molecule has 0 aliphatic rings. The second-order valence-corrected chi connectivity index (χ2v) is 10.8. The highest BCUT2D eigenvalue weighted by molar-refractivity contribution is 7.99. The summed E-state index contributed by atoms with van der Waals surface area (Å²) in [6.45, 7) is 8.59. The molecule has 39 heavy (non-hydrogen) atoms. The van der Waals surface area contributed by atoms with Crippen molar-refractivity contribution in [3.05, 3.63) is 69.5 Å². The molecule has 0 fully saturated rings. The normalized spacial score (nSPS) is 11.8. The summed E-state index contributed by atoms with van der Waals surface area (Å²) in [6.07, 6.45) is 0.622. The molecular formula is C27H31Cl2N5O4S. The average molecular weight is 593 g/mol. The molecule has 0 saturated carbocycles. The smallest absolute Gasteiger partial charge is 0.338 e. The monoisotopic (exact) mass is 591 g/mol. The van der Waals surface area contributed by atoms with Crippen LogP contribution in [0.1, 0.15) is 66.7 Å². The van der Waals surface area contributed by atoms with Gasteiger partial charge in [0.05, 0.1) is 34.6 Å². The van der Waals surface area contributed by atoms with E-state index in [0.717, 1.165) is 0 Å². The molecule has 3 aromatic rings. The number of rotatable bonds is 12. The summed E-state index contributed by atoms with van der Waals surface area (Å²) in [5, 5.41) is 15.8. The highest BCUT2D eigenvalue weighted by Crippen LogP contribution is 2.27. The molecule has 0 radical (unpaired) electrons. The Morgan fingerprint density at radius 1 is 1.08 bits per heavy atom. The molecule has 0 spiro atoms. The van der Waals surface area contributed by atoms with Gasteiger partial charge in [0.1, 0.15) is 0 Å². The zero-order valence-electron chi connectivity index (χ0n) is 22.2. The first-order valence-electron chi connectivity index (χ1n) is 12.5. The highest BCUT2D eigenvalue weighted by Gasteiger charge is 2.25. The zero-order valence-corrected chi connectivity index (χ0v) is 24.5. The Morgan fingerprint density at radius 2 is 1.85 bits per heavy atom. The molecule has 0 bridgehead atoms. The predicted octanol–water partition coefficient (Wildman–Crippen LogP) is 6.03. The summed E-state index contributed by atoms with van der Waals surface area (Å²) < 4.78 is 6.90. The van der Waals surface area contributed by atoms with E-state index in [1.54, 1.807) is 43.3 Å². The van der Waals surface area contributed by atoms with Gasteiger partial charge in [0.15, 0.2) is 11.0 Å². The maximum atomic E-state index is 13.1. The molecule has 0 unspecified atom stereocenters. The standard InChI is InChI=1S/C27H31Cl2N5O4S/c1-5-34-24(22(12-16(3)4)31-25(36)20-11-10-18(28)14-21(20)29)32-33-27(34)39-15-23(35)30-19-9-7-8-17(13-19)26(37)38-6-2/h7-11,13-14,16,22H,5-6,12,15H2,1-4H3,(H,30,35)(H,31,36)/t22-/m1/s1. The van der Waals surface area contributed by atoms with Gasteiger partial charge in [-0.1, -0.05) is 54.9 Å². The minimum atomic E-state index is -0.451. The number of esters is 1. The number of amides is 2. The third-order valence-corrected chi connectivity index (χ3v) is 7.07. The lowest BCUT2D eigenvalue weighted by molar-refractivity contribution is -0.113. The summed E-state index contributed by atoms with van der Waals surface area (Å²) >= 11 is 13.5. The summed E-state index contributed by atoms with van der Waals surface area (Å²) in [4.78, 5) is 37.7. The summed E-state index contributed by atoms with van der Waals surface area (Å²) in [5.41, 5.74) is 1.16. The molecule has 0 aliphatic heterocycles. The molecule has 9 nitrogen and oxygen atoms in total. The Morgan fingerprint density at radius 3 is 2.51 bits per heavy atom. The van der Waals surface area contributed by atoms with Crippen LogP contribution in [-0.4, -0.2) is 44.9 Å². The van der Waals surface area contributed by atoms with E-state index in [9.17, 15) is 14.4 Å². The Labute approximate surface area is 242 Å². The Kier molecular flexibility index (Phi) is 11.2. The van der Waals surface area contributed by atoms with Crippen LogP contribution in [0.25, 0.3) is 0 Å². The highest BCUT2D eigenvalue weighted by atomic mass is 35.5. The topological polar surface area (TPSA) is 115 Å². The van der Waals surface area contributed by atoms with Crippen LogP contribution in [-0.2, 0) is 16.1 Å². The van der Waals surface area contributed by atoms with Crippen molar-refractivity contribution in [2.75, 3.05) is 17.7 Å². The van der Waals surface area contributed by atoms with E-state index in [0.29, 0.717) is 45.8 Å². The summed E-state index contributed by atoms with van der Waals surface area (Å²) in [6, 6.07) is 10.9. The number of aromatic nitrogens is 3. The van der Waals surface area contributed by atoms with Gasteiger partial charge in [-0.05, 0) is 62.6 Å². The maximum absolute atomic E-state index is 13.1. The second-order valence-electron chi connectivity index (χ2n) is 9.00. The third kappa shape index (κ3) is 8.45. The van der Waals surface area contributed by atoms with Gasteiger partial charge >= 0.3 is 5.97 Å². The van der Waals surface area contributed by atoms with Crippen LogP contribution < -0.4 is 10.6 Å². The average Bonchev–Trinajstić information content (AvgIpc) is 3.30. The lowest BCUT2D eigenvalue weighted by Crippen LogP contribution is -2.32. The number of anilines is 1. The molecule has 1 aromatic heterocycles. The van der Waals surface area contributed by atoms with Crippen molar-refractivity contribution in [3.63, 3.8) is 0 Å². The van der Waals surface area contributed by atoms with Gasteiger partial charge in [0, 0.05) is 17.3 Å². The fraction of sp³-hybridized carbons (Fsp3) is 0.370. The summed E-state index contributed by atoms with van der Waals surface area (Å²) in [5.74, 6) is -0.138. The SMILES string of the molecule is CCOC(=O)c1cccc(NC(=O)CSc2nnc([C@@H](CC(C)C)NC(=O)c3ccc(Cl)cc3Cl)n2CC)c1. The molecule has 1 heterocycles. The van der Waals surface area contributed by atoms with Gasteiger partial charge in [-0.2, -0.15) is 0 Å². The van der Waals surface area contributed by atoms with Crippen LogP contribution in [0.4, 0.5) is 5.69 Å². The first-order chi connectivity index (χ1) is 18.6. The van der Waals surface area contributed by atoms with Crippen molar-refractivity contribution in [1.82, 2.24) is 20.1 Å². The van der Waals surface area contributed by atoms with E-state index in [4.69, 9.17) is 27.9 Å². The minimum Gasteiger partial charge on any atom is -0.462 e. The van der Waals surface area contributed by atoms with E-state index in [-0.39, 0.29) is 35.1 Å². The van der Waals surface area contributed by atoms with Crippen LogP contribution in [0.5, 0.6) is 0 Å². The van der Waals surface area contributed by atoms with Crippen molar-refractivity contribution in [1.29, 1.82) is 0 Å². The van der Waals surface area contributed by atoms with E-state index in [2.05, 4.69) is 34.7 Å². The van der Waals surface area contributed by atoms with Crippen molar-refractivity contribution < 1.29 is 19.1 Å². The van der Waals surface area contributed by atoms with Gasteiger partial charge in [0.25, 0.3) is 5.91 Å². The molecule has 2 amide bonds. The fourth-order valence-electron chi connectivity index (χ4n) is 3.84. The largest absolute Gasteiger partial charge is 0.462 e. The van der Waals surface area contributed by atoms with Gasteiger partial charge in [-0.15, -0.1) is 10.2 Å². The number of hydrogen-bond donors (Lipinski definition) is 2. The number of benzene rings is 2. The number of nitrogens with zero attached hydrogens (tertiary/aromatic N) is 3. The van der Waals surface area contributed by atoms with E-state index < -0.39 is 12.0 Å². The van der Waals surface area contributed by atoms with Crippen molar-refractivity contribution in [3.8, 4) is 0 Å². The summed E-state index contributed by atoms with van der Waals surface area (Å²) in [7, 11) is 0. The quantitative estimate of drug-likeness (QED) is 0.195. The maximum Gasteiger partial charge on any atom is 0.338 e. The van der Waals surface area contributed by atoms with Crippen LogP contribution in [0.2, 0.25) is 10.0 Å². The number of halogens is 2. The second kappa shape index (κ2) is 14.3. The van der Waals surface area contributed by atoms with Crippen molar-refractivity contribution in [2.24, 2.45) is 5.92 Å². The molecule has 0 saturated heterocycles. The van der Waals surface area contributed by atoms with Gasteiger partial charge < -0.3 is 19.9 Å². The lowest BCUT2D eigenvalue weighted by Gasteiger charge is -2.21. The molecule has 1 atom stereocenters. The molecule has 2 aromatic carbocycles. The molecule has 3 rings (SSSR count). The minimum absolute atomic E-state index is 0.0728. The van der Waals surface area contributed by atoms with Gasteiger partial charge in [-0.25, -0.2) is 4.79 Å². The van der Waals surface area contributed by atoms with E-state index >= 15 is 0 Å². The Bertz CT molecular complexity index is 1330. The van der Waals surface area contributed by atoms with Crippen LogP contribution in [0, 0.1) is 5.92 Å². The Hall–Kier alpha value is -3.08. The number of thioether (sulfide) groups is 1. The Balaban J connectivity index is 1.72. The number of carbonyl (C=O) groups is 3. The predicted molar refractivity (Wildman–Crippen MR) is 154 cm³/mol. The van der Waals surface area contributed by atoms with Gasteiger partial charge in [-0.3, -0.25) is 9.59 Å². The van der Waals surface area contributed by atoms with Crippen molar-refractivity contribution >= 4 is 58.4 Å². The van der Waals surface area contributed by atoms with Crippen LogP contribution >= 0.6 is 35.0 Å². The van der Waals surface area contributed by atoms with E-state index in [1.165, 1.54) is 17.8 Å². The lowest BCUT2D eigenvalue weighted by atomic mass is 10.0. The molecule has 12 heteroatoms. The number of hydrogen-bond acceptors (Lipinski definition) is 7. The van der Waals surface area contributed by atoms with Crippen LogP contribution in [0.15, 0.2) is 47.6 Å². The third-order valence-electron chi connectivity index (χ3n) is 5.55. The number of ether oxygens (including phenoxy) is 1. The van der Waals surface area contributed by atoms with Crippen LogP contribution in [0.3, 0.4) is 0 Å². The molecule has 208 valence electrons. The van der Waals surface area contributed by atoms with E-state index in [1.807, 2.05) is 11.5 Å².